The molecule has 0 spiro atoms. The predicted octanol–water partition coefficient (Wildman–Crippen LogP) is 5.41. The normalized spacial score (nSPS) is 16.4. The Morgan fingerprint density at radius 2 is 2.00 bits per heavy atom. The van der Waals surface area contributed by atoms with Gasteiger partial charge >= 0.3 is 6.18 Å². The highest BCUT2D eigenvalue weighted by Gasteiger charge is 2.31. The van der Waals surface area contributed by atoms with Crippen molar-refractivity contribution < 1.29 is 22.7 Å². The number of hydrogen-bond donors (Lipinski definition) is 1. The van der Waals surface area contributed by atoms with Crippen molar-refractivity contribution in [1.29, 1.82) is 0 Å². The van der Waals surface area contributed by atoms with E-state index in [1.165, 1.54) is 18.5 Å². The van der Waals surface area contributed by atoms with E-state index in [9.17, 15) is 18.0 Å². The van der Waals surface area contributed by atoms with Crippen molar-refractivity contribution in [1.82, 2.24) is 4.98 Å². The number of aromatic nitrogens is 1. The molecular formula is C20H14ClF3N2O2. The first-order chi connectivity index (χ1) is 13.3. The lowest BCUT2D eigenvalue weighted by atomic mass is 9.92. The van der Waals surface area contributed by atoms with Crippen molar-refractivity contribution in [2.45, 2.75) is 18.5 Å². The molecule has 4 nitrogen and oxygen atoms in total. The molecule has 0 saturated heterocycles. The minimum Gasteiger partial charge on any atom is -0.493 e. The Kier molecular flexibility index (Phi) is 4.63. The van der Waals surface area contributed by atoms with E-state index in [1.807, 2.05) is 0 Å². The Morgan fingerprint density at radius 1 is 1.18 bits per heavy atom. The molecule has 0 fully saturated rings. The Morgan fingerprint density at radius 3 is 2.79 bits per heavy atom. The van der Waals surface area contributed by atoms with E-state index < -0.39 is 17.7 Å². The Bertz CT molecular complexity index is 1070. The summed E-state index contributed by atoms with van der Waals surface area (Å²) in [6.45, 7) is 0.360. The Balaban J connectivity index is 1.69. The third-order valence-corrected chi connectivity index (χ3v) is 4.91. The summed E-state index contributed by atoms with van der Waals surface area (Å²) in [6.07, 6.45) is -1.24. The number of amides is 1. The highest BCUT2D eigenvalue weighted by atomic mass is 35.5. The number of pyridine rings is 1. The van der Waals surface area contributed by atoms with Gasteiger partial charge in [-0.25, -0.2) is 0 Å². The highest BCUT2D eigenvalue weighted by molar-refractivity contribution is 6.30. The molecule has 2 aromatic carbocycles. The lowest BCUT2D eigenvalue weighted by Gasteiger charge is -2.25. The SMILES string of the molecule is O=C(Nc1cncc2ccc(C(F)(F)F)cc12)C1CCOc2ccc(Cl)cc21. The van der Waals surface area contributed by atoms with E-state index in [1.54, 1.807) is 18.2 Å². The number of carbonyl (C=O) groups is 1. The average molecular weight is 407 g/mol. The highest BCUT2D eigenvalue weighted by Crippen LogP contribution is 2.37. The summed E-state index contributed by atoms with van der Waals surface area (Å²) in [5.41, 5.74) is 0.0917. The molecule has 1 aliphatic heterocycles. The minimum absolute atomic E-state index is 0.226. The largest absolute Gasteiger partial charge is 0.493 e. The topological polar surface area (TPSA) is 51.2 Å². The molecule has 144 valence electrons. The molecule has 1 atom stereocenters. The molecule has 2 heterocycles. The van der Waals surface area contributed by atoms with Gasteiger partial charge in [0, 0.05) is 27.6 Å². The van der Waals surface area contributed by atoms with Crippen LogP contribution in [-0.4, -0.2) is 17.5 Å². The molecule has 1 N–H and O–H groups in total. The lowest BCUT2D eigenvalue weighted by molar-refractivity contribution is -0.137. The van der Waals surface area contributed by atoms with Gasteiger partial charge in [-0.1, -0.05) is 17.7 Å². The molecule has 0 radical (unpaired) electrons. The van der Waals surface area contributed by atoms with Crippen molar-refractivity contribution >= 4 is 34.0 Å². The number of nitrogens with one attached hydrogen (secondary N) is 1. The number of benzene rings is 2. The van der Waals surface area contributed by atoms with Crippen molar-refractivity contribution in [2.24, 2.45) is 0 Å². The van der Waals surface area contributed by atoms with Gasteiger partial charge in [-0.2, -0.15) is 13.2 Å². The van der Waals surface area contributed by atoms with E-state index in [2.05, 4.69) is 10.3 Å². The number of alkyl halides is 3. The minimum atomic E-state index is -4.48. The standard InChI is InChI=1S/C20H14ClF3N2O2/c21-13-3-4-18-16(8-13)14(5-6-28-18)19(27)26-17-10-25-9-11-1-2-12(7-15(11)17)20(22,23)24/h1-4,7-10,14H,5-6H2,(H,26,27). The fraction of sp³-hybridized carbons (Fsp3) is 0.200. The number of nitrogens with zero attached hydrogens (tertiary/aromatic N) is 1. The number of rotatable bonds is 2. The van der Waals surface area contributed by atoms with Crippen LogP contribution in [0.25, 0.3) is 10.8 Å². The van der Waals surface area contributed by atoms with E-state index in [0.29, 0.717) is 34.7 Å². The van der Waals surface area contributed by atoms with Crippen LogP contribution in [0.15, 0.2) is 48.8 Å². The van der Waals surface area contributed by atoms with E-state index in [0.717, 1.165) is 12.1 Å². The van der Waals surface area contributed by atoms with Crippen molar-refractivity contribution in [2.75, 3.05) is 11.9 Å². The van der Waals surface area contributed by atoms with Crippen LogP contribution in [0.3, 0.4) is 0 Å². The monoisotopic (exact) mass is 406 g/mol. The van der Waals surface area contributed by atoms with Gasteiger partial charge in [0.2, 0.25) is 5.91 Å². The second kappa shape index (κ2) is 6.98. The zero-order valence-electron chi connectivity index (χ0n) is 14.4. The zero-order chi connectivity index (χ0) is 19.9. The van der Waals surface area contributed by atoms with Crippen molar-refractivity contribution in [3.8, 4) is 5.75 Å². The maximum absolute atomic E-state index is 13.1. The Hall–Kier alpha value is -2.80. The van der Waals surface area contributed by atoms with Crippen LogP contribution in [0.2, 0.25) is 5.02 Å². The van der Waals surface area contributed by atoms with E-state index in [4.69, 9.17) is 16.3 Å². The molecule has 4 rings (SSSR count). The van der Waals surface area contributed by atoms with Gasteiger partial charge in [0.05, 0.1) is 30.0 Å². The second-order valence-electron chi connectivity index (χ2n) is 6.48. The fourth-order valence-electron chi connectivity index (χ4n) is 3.30. The molecule has 0 aliphatic carbocycles. The second-order valence-corrected chi connectivity index (χ2v) is 6.92. The molecule has 1 aliphatic rings. The first-order valence-electron chi connectivity index (χ1n) is 8.51. The molecule has 28 heavy (non-hydrogen) atoms. The number of ether oxygens (including phenoxy) is 1. The number of fused-ring (bicyclic) bond motifs is 2. The van der Waals surface area contributed by atoms with Gasteiger partial charge in [-0.15, -0.1) is 0 Å². The maximum Gasteiger partial charge on any atom is 0.416 e. The van der Waals surface area contributed by atoms with E-state index in [-0.39, 0.29) is 17.0 Å². The first kappa shape index (κ1) is 18.6. The number of carbonyl (C=O) groups excluding carboxylic acids is 1. The summed E-state index contributed by atoms with van der Waals surface area (Å²) in [4.78, 5) is 16.9. The molecule has 8 heteroatoms. The number of hydrogen-bond acceptors (Lipinski definition) is 3. The summed E-state index contributed by atoms with van der Waals surface area (Å²) < 4.78 is 44.8. The van der Waals surface area contributed by atoms with Gasteiger partial charge in [0.25, 0.3) is 0 Å². The van der Waals surface area contributed by atoms with Crippen LogP contribution in [0, 0.1) is 0 Å². The molecule has 3 aromatic rings. The summed E-state index contributed by atoms with van der Waals surface area (Å²) in [5, 5.41) is 3.98. The third-order valence-electron chi connectivity index (χ3n) is 4.67. The predicted molar refractivity (Wildman–Crippen MR) is 99.7 cm³/mol. The molecule has 1 aromatic heterocycles. The molecule has 1 amide bonds. The van der Waals surface area contributed by atoms with Gasteiger partial charge in [0.1, 0.15) is 5.75 Å². The summed E-state index contributed by atoms with van der Waals surface area (Å²) in [7, 11) is 0. The number of halogens is 4. The van der Waals surface area contributed by atoms with E-state index >= 15 is 0 Å². The van der Waals surface area contributed by atoms with Crippen LogP contribution in [0.5, 0.6) is 5.75 Å². The summed E-state index contributed by atoms with van der Waals surface area (Å²) >= 11 is 6.04. The summed E-state index contributed by atoms with van der Waals surface area (Å²) in [6, 6.07) is 8.39. The van der Waals surface area contributed by atoms with Gasteiger partial charge in [0.15, 0.2) is 0 Å². The molecule has 0 saturated carbocycles. The molecular weight excluding hydrogens is 393 g/mol. The molecule has 1 unspecified atom stereocenters. The average Bonchev–Trinajstić information content (AvgIpc) is 2.66. The maximum atomic E-state index is 13.1. The first-order valence-corrected chi connectivity index (χ1v) is 8.89. The van der Waals surface area contributed by atoms with Crippen LogP contribution in [0.1, 0.15) is 23.5 Å². The summed E-state index contributed by atoms with van der Waals surface area (Å²) in [5.74, 6) is -0.298. The Labute approximate surface area is 163 Å². The van der Waals surface area contributed by atoms with Crippen molar-refractivity contribution in [3.05, 3.63) is 64.9 Å². The third kappa shape index (κ3) is 3.49. The molecule has 0 bridgehead atoms. The lowest BCUT2D eigenvalue weighted by Crippen LogP contribution is -2.26. The fourth-order valence-corrected chi connectivity index (χ4v) is 3.48. The van der Waals surface area contributed by atoms with Gasteiger partial charge in [-0.05, 0) is 36.8 Å². The van der Waals surface area contributed by atoms with Crippen LogP contribution in [0.4, 0.5) is 18.9 Å². The smallest absolute Gasteiger partial charge is 0.416 e. The van der Waals surface area contributed by atoms with Crippen LogP contribution < -0.4 is 10.1 Å². The quantitative estimate of drug-likeness (QED) is 0.619. The zero-order valence-corrected chi connectivity index (χ0v) is 15.1. The van der Waals surface area contributed by atoms with Crippen LogP contribution >= 0.6 is 11.6 Å². The van der Waals surface area contributed by atoms with Crippen LogP contribution in [-0.2, 0) is 11.0 Å². The van der Waals surface area contributed by atoms with Gasteiger partial charge < -0.3 is 10.1 Å². The number of anilines is 1. The van der Waals surface area contributed by atoms with Gasteiger partial charge in [-0.3, -0.25) is 9.78 Å². The van der Waals surface area contributed by atoms with Crippen molar-refractivity contribution in [3.63, 3.8) is 0 Å².